The Morgan fingerprint density at radius 2 is 2.22 bits per heavy atom. The van der Waals surface area contributed by atoms with Gasteiger partial charge in [-0.05, 0) is 42.5 Å². The summed E-state index contributed by atoms with van der Waals surface area (Å²) in [5, 5.41) is 2.97. The molecule has 3 heteroatoms. The van der Waals surface area contributed by atoms with Crippen molar-refractivity contribution in [2.75, 3.05) is 13.2 Å². The predicted molar refractivity (Wildman–Crippen MR) is 70.5 cm³/mol. The highest BCUT2D eigenvalue weighted by Crippen LogP contribution is 2.20. The molecule has 0 unspecified atom stereocenters. The van der Waals surface area contributed by atoms with Crippen LogP contribution in [0.5, 0.6) is 0 Å². The molecule has 3 rings (SSSR count). The Hall–Kier alpha value is -1.61. The Bertz CT molecular complexity index is 489. The average Bonchev–Trinajstić information content (AvgIpc) is 2.57. The summed E-state index contributed by atoms with van der Waals surface area (Å²) in [6.45, 7) is 1.28. The number of hydrogen-bond acceptors (Lipinski definition) is 2. The molecule has 0 spiro atoms. The molecule has 0 bridgehead atoms. The van der Waals surface area contributed by atoms with Gasteiger partial charge in [-0.15, -0.1) is 0 Å². The number of rotatable bonds is 2. The Morgan fingerprint density at radius 3 is 3.00 bits per heavy atom. The Morgan fingerprint density at radius 1 is 1.33 bits per heavy atom. The van der Waals surface area contributed by atoms with Gasteiger partial charge in [0.05, 0.1) is 19.3 Å². The average molecular weight is 243 g/mol. The first-order valence-corrected chi connectivity index (χ1v) is 6.51. The molecule has 18 heavy (non-hydrogen) atoms. The lowest BCUT2D eigenvalue weighted by molar-refractivity contribution is -0.00346. The Kier molecular flexibility index (Phi) is 3.15. The van der Waals surface area contributed by atoms with E-state index in [1.54, 1.807) is 0 Å². The summed E-state index contributed by atoms with van der Waals surface area (Å²) in [6.07, 6.45) is 7.69. The number of fused-ring (bicyclic) bond motifs is 1. The van der Waals surface area contributed by atoms with Gasteiger partial charge in [-0.1, -0.05) is 18.2 Å². The van der Waals surface area contributed by atoms with Crippen molar-refractivity contribution in [2.45, 2.75) is 25.3 Å². The highest BCUT2D eigenvalue weighted by Gasteiger charge is 2.21. The third kappa shape index (κ3) is 2.31. The van der Waals surface area contributed by atoms with Crippen LogP contribution in [-0.4, -0.2) is 25.2 Å². The first-order chi connectivity index (χ1) is 8.83. The van der Waals surface area contributed by atoms with E-state index in [0.29, 0.717) is 13.2 Å². The highest BCUT2D eigenvalue weighted by atomic mass is 16.5. The second kappa shape index (κ2) is 4.94. The fourth-order valence-electron chi connectivity index (χ4n) is 2.33. The van der Waals surface area contributed by atoms with Gasteiger partial charge in [-0.25, -0.2) is 0 Å². The van der Waals surface area contributed by atoms with Crippen molar-refractivity contribution in [1.82, 2.24) is 5.32 Å². The zero-order chi connectivity index (χ0) is 12.4. The summed E-state index contributed by atoms with van der Waals surface area (Å²) >= 11 is 0. The van der Waals surface area contributed by atoms with E-state index in [1.807, 2.05) is 18.2 Å². The second-order valence-electron chi connectivity index (χ2n) is 4.92. The first kappa shape index (κ1) is 11.5. The maximum absolute atomic E-state index is 12.0. The van der Waals surface area contributed by atoms with Crippen LogP contribution >= 0.6 is 0 Å². The summed E-state index contributed by atoms with van der Waals surface area (Å²) in [7, 11) is 0. The maximum atomic E-state index is 12.0. The predicted octanol–water partition coefficient (Wildman–Crippen LogP) is 2.16. The number of allylic oxidation sites excluding steroid dienone is 1. The normalized spacial score (nSPS) is 18.7. The van der Waals surface area contributed by atoms with Crippen molar-refractivity contribution in [2.24, 2.45) is 0 Å². The third-order valence-electron chi connectivity index (χ3n) is 3.49. The van der Waals surface area contributed by atoms with Crippen LogP contribution in [0.15, 0.2) is 24.3 Å². The van der Waals surface area contributed by atoms with Crippen LogP contribution in [0, 0.1) is 0 Å². The van der Waals surface area contributed by atoms with Crippen LogP contribution < -0.4 is 5.32 Å². The number of carbonyl (C=O) groups is 1. The molecule has 1 aliphatic heterocycles. The zero-order valence-corrected chi connectivity index (χ0v) is 10.3. The van der Waals surface area contributed by atoms with Gasteiger partial charge in [-0.2, -0.15) is 0 Å². The van der Waals surface area contributed by atoms with Crippen molar-refractivity contribution in [3.05, 3.63) is 41.0 Å². The van der Waals surface area contributed by atoms with Gasteiger partial charge in [0.25, 0.3) is 5.91 Å². The molecule has 1 aliphatic carbocycles. The molecule has 3 nitrogen and oxygen atoms in total. The largest absolute Gasteiger partial charge is 0.377 e. The monoisotopic (exact) mass is 243 g/mol. The van der Waals surface area contributed by atoms with Crippen LogP contribution in [0.2, 0.25) is 0 Å². The standard InChI is InChI=1S/C15H17NO2/c17-15(16-14-9-18-10-14)13-7-6-11-4-2-1-3-5-12(11)8-13/h2,4,6-8,14H,1,3,5,9-10H2,(H,16,17). The van der Waals surface area contributed by atoms with Crippen LogP contribution in [0.3, 0.4) is 0 Å². The number of amides is 1. The molecule has 1 fully saturated rings. The topological polar surface area (TPSA) is 38.3 Å². The van der Waals surface area contributed by atoms with Crippen LogP contribution in [0.25, 0.3) is 6.08 Å². The fourth-order valence-corrected chi connectivity index (χ4v) is 2.33. The van der Waals surface area contributed by atoms with Gasteiger partial charge in [0.1, 0.15) is 0 Å². The Balaban J connectivity index is 1.78. The minimum Gasteiger partial charge on any atom is -0.377 e. The lowest BCUT2D eigenvalue weighted by Crippen LogP contribution is -2.48. The minimum atomic E-state index is 0.0133. The molecule has 0 saturated carbocycles. The fraction of sp³-hybridized carbons (Fsp3) is 0.400. The lowest BCUT2D eigenvalue weighted by atomic mass is 10.0. The lowest BCUT2D eigenvalue weighted by Gasteiger charge is -2.26. The molecule has 0 radical (unpaired) electrons. The van der Waals surface area contributed by atoms with Crippen molar-refractivity contribution in [3.63, 3.8) is 0 Å². The SMILES string of the molecule is O=C(NC1COC1)c1ccc2c(c1)CCCC=C2. The molecular weight excluding hydrogens is 226 g/mol. The number of benzene rings is 1. The van der Waals surface area contributed by atoms with E-state index in [9.17, 15) is 4.79 Å². The zero-order valence-electron chi connectivity index (χ0n) is 10.3. The van der Waals surface area contributed by atoms with E-state index in [1.165, 1.54) is 11.1 Å². The summed E-state index contributed by atoms with van der Waals surface area (Å²) in [6, 6.07) is 6.17. The van der Waals surface area contributed by atoms with Crippen LogP contribution in [-0.2, 0) is 11.2 Å². The van der Waals surface area contributed by atoms with Crippen molar-refractivity contribution in [1.29, 1.82) is 0 Å². The third-order valence-corrected chi connectivity index (χ3v) is 3.49. The number of carbonyl (C=O) groups excluding carboxylic acids is 1. The smallest absolute Gasteiger partial charge is 0.251 e. The minimum absolute atomic E-state index is 0.0133. The van der Waals surface area contributed by atoms with E-state index in [-0.39, 0.29) is 11.9 Å². The van der Waals surface area contributed by atoms with Crippen molar-refractivity contribution >= 4 is 12.0 Å². The molecule has 94 valence electrons. The van der Waals surface area contributed by atoms with Gasteiger partial charge in [-0.3, -0.25) is 4.79 Å². The summed E-state index contributed by atoms with van der Waals surface area (Å²) in [5.41, 5.74) is 3.29. The van der Waals surface area contributed by atoms with E-state index >= 15 is 0 Å². The van der Waals surface area contributed by atoms with E-state index in [0.717, 1.165) is 24.8 Å². The molecule has 1 heterocycles. The quantitative estimate of drug-likeness (QED) is 0.864. The van der Waals surface area contributed by atoms with Crippen LogP contribution in [0.1, 0.15) is 34.3 Å². The number of aryl methyl sites for hydroxylation is 1. The molecule has 0 aromatic heterocycles. The molecule has 1 N–H and O–H groups in total. The second-order valence-corrected chi connectivity index (χ2v) is 4.92. The molecule has 1 amide bonds. The van der Waals surface area contributed by atoms with E-state index < -0.39 is 0 Å². The first-order valence-electron chi connectivity index (χ1n) is 6.51. The van der Waals surface area contributed by atoms with Gasteiger partial charge >= 0.3 is 0 Å². The Labute approximate surface area is 107 Å². The summed E-state index contributed by atoms with van der Waals surface area (Å²) in [5.74, 6) is 0.0133. The van der Waals surface area contributed by atoms with Gasteiger partial charge in [0.15, 0.2) is 0 Å². The molecule has 1 aromatic carbocycles. The molecule has 1 saturated heterocycles. The number of hydrogen-bond donors (Lipinski definition) is 1. The summed E-state index contributed by atoms with van der Waals surface area (Å²) < 4.78 is 5.05. The molecular formula is C15H17NO2. The van der Waals surface area contributed by atoms with Crippen molar-refractivity contribution in [3.8, 4) is 0 Å². The van der Waals surface area contributed by atoms with Gasteiger partial charge in [0, 0.05) is 5.56 Å². The molecule has 1 aromatic rings. The van der Waals surface area contributed by atoms with Crippen molar-refractivity contribution < 1.29 is 9.53 Å². The maximum Gasteiger partial charge on any atom is 0.251 e. The molecule has 2 aliphatic rings. The molecule has 0 atom stereocenters. The number of nitrogens with one attached hydrogen (secondary N) is 1. The van der Waals surface area contributed by atoms with E-state index in [4.69, 9.17) is 4.74 Å². The van der Waals surface area contributed by atoms with Gasteiger partial charge in [0.2, 0.25) is 0 Å². The number of ether oxygens (including phenoxy) is 1. The highest BCUT2D eigenvalue weighted by molar-refractivity contribution is 5.95. The summed E-state index contributed by atoms with van der Waals surface area (Å²) in [4.78, 5) is 12.0. The van der Waals surface area contributed by atoms with Gasteiger partial charge < -0.3 is 10.1 Å². The van der Waals surface area contributed by atoms with Crippen LogP contribution in [0.4, 0.5) is 0 Å². The van der Waals surface area contributed by atoms with E-state index in [2.05, 4.69) is 17.5 Å².